The number of carbonyl (C=O) groups is 2. The number of benzene rings is 2. The number of hydrogen-bond donors (Lipinski definition) is 0. The molecule has 0 N–H and O–H groups in total. The molecule has 1 unspecified atom stereocenters. The molecule has 1 amide bonds. The molecular formula is C24H24ClN3O3. The second-order valence-corrected chi connectivity index (χ2v) is 8.21. The van der Waals surface area contributed by atoms with Crippen LogP contribution in [-0.2, 0) is 27.2 Å². The number of amides is 1. The van der Waals surface area contributed by atoms with Gasteiger partial charge in [0.2, 0.25) is 5.91 Å². The van der Waals surface area contributed by atoms with Gasteiger partial charge >= 0.3 is 5.97 Å². The van der Waals surface area contributed by atoms with Gasteiger partial charge in [0.1, 0.15) is 6.04 Å². The van der Waals surface area contributed by atoms with Gasteiger partial charge in [-0.3, -0.25) is 9.69 Å². The largest absolute Gasteiger partial charge is 0.467 e. The molecule has 3 aromatic rings. The average Bonchev–Trinajstić information content (AvgIpc) is 3.28. The molecule has 0 radical (unpaired) electrons. The molecule has 160 valence electrons. The van der Waals surface area contributed by atoms with E-state index in [2.05, 4.69) is 5.10 Å². The number of anilines is 1. The Morgan fingerprint density at radius 2 is 1.90 bits per heavy atom. The third kappa shape index (κ3) is 3.72. The topological polar surface area (TPSA) is 64.4 Å². The molecule has 7 heteroatoms. The van der Waals surface area contributed by atoms with Crippen LogP contribution in [0.4, 0.5) is 5.69 Å². The Morgan fingerprint density at radius 1 is 1.16 bits per heavy atom. The molecule has 4 rings (SSSR count). The van der Waals surface area contributed by atoms with Crippen LogP contribution in [0.1, 0.15) is 28.1 Å². The number of aryl methyl sites for hydroxylation is 2. The second kappa shape index (κ2) is 8.19. The summed E-state index contributed by atoms with van der Waals surface area (Å²) in [6, 6.07) is 12.7. The van der Waals surface area contributed by atoms with Crippen LogP contribution in [0, 0.1) is 20.8 Å². The number of halogens is 1. The van der Waals surface area contributed by atoms with E-state index in [4.69, 9.17) is 16.3 Å². The van der Waals surface area contributed by atoms with Gasteiger partial charge in [-0.25, -0.2) is 9.48 Å². The first-order valence-corrected chi connectivity index (χ1v) is 10.5. The first kappa shape index (κ1) is 21.1. The number of hydrogen-bond acceptors (Lipinski definition) is 4. The smallest absolute Gasteiger partial charge is 0.329 e. The Kier molecular flexibility index (Phi) is 5.58. The van der Waals surface area contributed by atoms with E-state index in [0.29, 0.717) is 11.4 Å². The number of esters is 1. The Balaban J connectivity index is 1.67. The van der Waals surface area contributed by atoms with Crippen LogP contribution in [0.25, 0.3) is 5.69 Å². The average molecular weight is 438 g/mol. The van der Waals surface area contributed by atoms with Gasteiger partial charge in [-0.05, 0) is 50.1 Å². The van der Waals surface area contributed by atoms with Crippen molar-refractivity contribution in [1.29, 1.82) is 0 Å². The predicted octanol–water partition coefficient (Wildman–Crippen LogP) is 4.12. The summed E-state index contributed by atoms with van der Waals surface area (Å²) in [6.07, 6.45) is 0.590. The predicted molar refractivity (Wildman–Crippen MR) is 120 cm³/mol. The number of carbonyl (C=O) groups excluding carboxylic acids is 2. The van der Waals surface area contributed by atoms with Crippen LogP contribution >= 0.6 is 11.6 Å². The van der Waals surface area contributed by atoms with E-state index in [1.54, 1.807) is 9.58 Å². The molecule has 31 heavy (non-hydrogen) atoms. The summed E-state index contributed by atoms with van der Waals surface area (Å²) in [6.45, 7) is 5.77. The van der Waals surface area contributed by atoms with Gasteiger partial charge in [0.25, 0.3) is 0 Å². The zero-order valence-electron chi connectivity index (χ0n) is 18.0. The minimum Gasteiger partial charge on any atom is -0.467 e. The molecule has 2 aromatic carbocycles. The third-order valence-corrected chi connectivity index (χ3v) is 6.29. The summed E-state index contributed by atoms with van der Waals surface area (Å²) in [5, 5.41) is 5.31. The van der Waals surface area contributed by atoms with Gasteiger partial charge in [-0.1, -0.05) is 35.9 Å². The number of fused-ring (bicyclic) bond motifs is 1. The highest BCUT2D eigenvalue weighted by atomic mass is 35.5. The van der Waals surface area contributed by atoms with Crippen LogP contribution in [0.5, 0.6) is 0 Å². The standard InChI is InChI=1S/C24H24ClN3O3/c1-14-9-10-18(12-20(14)25)28-16(3)19(15(2)26-28)13-23(29)27-21-8-6-5-7-17(21)11-22(27)24(30)31-4/h5-10,12,22H,11,13H2,1-4H3. The van der Waals surface area contributed by atoms with E-state index >= 15 is 0 Å². The van der Waals surface area contributed by atoms with Gasteiger partial charge in [0.05, 0.1) is 24.9 Å². The summed E-state index contributed by atoms with van der Waals surface area (Å²) in [5.41, 5.74) is 6.03. The highest BCUT2D eigenvalue weighted by Crippen LogP contribution is 2.33. The number of rotatable bonds is 4. The Bertz CT molecular complexity index is 1180. The Hall–Kier alpha value is -3.12. The van der Waals surface area contributed by atoms with Crippen molar-refractivity contribution in [1.82, 2.24) is 9.78 Å². The van der Waals surface area contributed by atoms with Gasteiger partial charge in [-0.2, -0.15) is 5.10 Å². The van der Waals surface area contributed by atoms with E-state index < -0.39 is 12.0 Å². The zero-order chi connectivity index (χ0) is 22.3. The van der Waals surface area contributed by atoms with Gasteiger partial charge in [0, 0.05) is 28.4 Å². The first-order chi connectivity index (χ1) is 14.8. The molecule has 6 nitrogen and oxygen atoms in total. The maximum atomic E-state index is 13.4. The first-order valence-electron chi connectivity index (χ1n) is 10.1. The summed E-state index contributed by atoms with van der Waals surface area (Å²) < 4.78 is 6.77. The Labute approximate surface area is 186 Å². The highest BCUT2D eigenvalue weighted by molar-refractivity contribution is 6.31. The molecule has 1 atom stereocenters. The van der Waals surface area contributed by atoms with Crippen LogP contribution in [-0.4, -0.2) is 34.8 Å². The molecule has 2 heterocycles. The molecule has 1 aliphatic heterocycles. The van der Waals surface area contributed by atoms with Gasteiger partial charge in [-0.15, -0.1) is 0 Å². The van der Waals surface area contributed by atoms with Crippen molar-refractivity contribution >= 4 is 29.2 Å². The fourth-order valence-electron chi connectivity index (χ4n) is 4.15. The van der Waals surface area contributed by atoms with Crippen LogP contribution in [0.3, 0.4) is 0 Å². The monoisotopic (exact) mass is 437 g/mol. The minimum atomic E-state index is -0.651. The molecule has 0 saturated heterocycles. The lowest BCUT2D eigenvalue weighted by atomic mass is 10.1. The Morgan fingerprint density at radius 3 is 2.61 bits per heavy atom. The molecule has 0 bridgehead atoms. The van der Waals surface area contributed by atoms with Crippen LogP contribution < -0.4 is 4.90 Å². The highest BCUT2D eigenvalue weighted by Gasteiger charge is 2.39. The fourth-order valence-corrected chi connectivity index (χ4v) is 4.33. The quantitative estimate of drug-likeness (QED) is 0.576. The number of para-hydroxylation sites is 1. The van der Waals surface area contributed by atoms with Crippen molar-refractivity contribution in [3.8, 4) is 5.69 Å². The fraction of sp³-hybridized carbons (Fsp3) is 0.292. The van der Waals surface area contributed by atoms with Crippen molar-refractivity contribution < 1.29 is 14.3 Å². The number of methoxy groups -OCH3 is 1. The summed E-state index contributed by atoms with van der Waals surface area (Å²) in [4.78, 5) is 27.4. The summed E-state index contributed by atoms with van der Waals surface area (Å²) in [5.74, 6) is -0.573. The maximum Gasteiger partial charge on any atom is 0.329 e. The second-order valence-electron chi connectivity index (χ2n) is 7.81. The van der Waals surface area contributed by atoms with E-state index in [9.17, 15) is 9.59 Å². The number of nitrogens with zero attached hydrogens (tertiary/aromatic N) is 3. The number of aromatic nitrogens is 2. The van der Waals surface area contributed by atoms with Crippen molar-refractivity contribution in [2.24, 2.45) is 0 Å². The summed E-state index contributed by atoms with van der Waals surface area (Å²) in [7, 11) is 1.35. The molecule has 0 spiro atoms. The van der Waals surface area contributed by atoms with Crippen molar-refractivity contribution in [2.75, 3.05) is 12.0 Å². The molecule has 1 aliphatic rings. The zero-order valence-corrected chi connectivity index (χ0v) is 18.7. The van der Waals surface area contributed by atoms with Crippen molar-refractivity contribution in [3.05, 3.63) is 75.6 Å². The third-order valence-electron chi connectivity index (χ3n) is 5.89. The van der Waals surface area contributed by atoms with Crippen molar-refractivity contribution in [2.45, 2.75) is 39.7 Å². The minimum absolute atomic E-state index is 0.138. The summed E-state index contributed by atoms with van der Waals surface area (Å²) >= 11 is 6.29. The molecule has 1 aromatic heterocycles. The van der Waals surface area contributed by atoms with Crippen molar-refractivity contribution in [3.63, 3.8) is 0 Å². The van der Waals surface area contributed by atoms with Crippen LogP contribution in [0.2, 0.25) is 5.02 Å². The van der Waals surface area contributed by atoms with E-state index in [1.165, 1.54) is 7.11 Å². The SMILES string of the molecule is COC(=O)C1Cc2ccccc2N1C(=O)Cc1c(C)nn(-c2ccc(C)c(Cl)c2)c1C. The molecule has 0 aliphatic carbocycles. The van der Waals surface area contributed by atoms with E-state index in [0.717, 1.165) is 39.5 Å². The van der Waals surface area contributed by atoms with E-state index in [1.807, 2.05) is 63.2 Å². The molecule has 0 saturated carbocycles. The molecular weight excluding hydrogens is 414 g/mol. The normalized spacial score (nSPS) is 15.1. The maximum absolute atomic E-state index is 13.4. The lowest BCUT2D eigenvalue weighted by molar-refractivity contribution is -0.143. The van der Waals surface area contributed by atoms with E-state index in [-0.39, 0.29) is 12.3 Å². The van der Waals surface area contributed by atoms with Crippen LogP contribution in [0.15, 0.2) is 42.5 Å². The number of ether oxygens (including phenoxy) is 1. The molecule has 0 fully saturated rings. The lowest BCUT2D eigenvalue weighted by Crippen LogP contribution is -2.44. The van der Waals surface area contributed by atoms with Gasteiger partial charge < -0.3 is 4.74 Å². The van der Waals surface area contributed by atoms with Gasteiger partial charge in [0.15, 0.2) is 0 Å². The lowest BCUT2D eigenvalue weighted by Gasteiger charge is -2.24.